The smallest absolute Gasteiger partial charge is 0.316 e. The lowest BCUT2D eigenvalue weighted by molar-refractivity contribution is 0.221. The van der Waals surface area contributed by atoms with Gasteiger partial charge in [-0.25, -0.2) is 9.97 Å². The van der Waals surface area contributed by atoms with Crippen molar-refractivity contribution in [3.63, 3.8) is 0 Å². The van der Waals surface area contributed by atoms with E-state index in [0.29, 0.717) is 12.6 Å². The Labute approximate surface area is 84.5 Å². The van der Waals surface area contributed by atoms with Gasteiger partial charge in [-0.05, 0) is 39.3 Å². The molecule has 1 heterocycles. The predicted molar refractivity (Wildman–Crippen MR) is 55.3 cm³/mol. The summed E-state index contributed by atoms with van der Waals surface area (Å²) in [6.45, 7) is 6.47. The molecule has 78 valence electrons. The summed E-state index contributed by atoms with van der Waals surface area (Å²) >= 11 is 0. The molecule has 0 fully saturated rings. The fourth-order valence-electron chi connectivity index (χ4n) is 1.14. The maximum absolute atomic E-state index is 5.46. The first-order valence-corrected chi connectivity index (χ1v) is 4.82. The molecule has 0 bridgehead atoms. The van der Waals surface area contributed by atoms with Gasteiger partial charge in [-0.1, -0.05) is 0 Å². The maximum atomic E-state index is 5.46. The van der Waals surface area contributed by atoms with E-state index in [0.717, 1.165) is 17.7 Å². The summed E-state index contributed by atoms with van der Waals surface area (Å²) in [5.74, 6) is 0. The standard InChI is InChI=1S/C10H17N3O/c1-7(2)14-10-12-6-9(4-5-11)8(3)13-10/h6-7H,4-5,11H2,1-3H3. The quantitative estimate of drug-likeness (QED) is 0.780. The maximum Gasteiger partial charge on any atom is 0.316 e. The summed E-state index contributed by atoms with van der Waals surface area (Å²) in [4.78, 5) is 8.35. The van der Waals surface area contributed by atoms with Crippen LogP contribution in [-0.2, 0) is 6.42 Å². The van der Waals surface area contributed by atoms with Crippen molar-refractivity contribution in [1.82, 2.24) is 9.97 Å². The Morgan fingerprint density at radius 2 is 2.21 bits per heavy atom. The van der Waals surface area contributed by atoms with Crippen molar-refractivity contribution < 1.29 is 4.74 Å². The van der Waals surface area contributed by atoms with E-state index in [1.54, 1.807) is 6.20 Å². The first-order chi connectivity index (χ1) is 6.63. The lowest BCUT2D eigenvalue weighted by Crippen LogP contribution is -2.11. The second-order valence-electron chi connectivity index (χ2n) is 3.47. The lowest BCUT2D eigenvalue weighted by Gasteiger charge is -2.09. The number of ether oxygens (including phenoxy) is 1. The van der Waals surface area contributed by atoms with Crippen molar-refractivity contribution in [2.75, 3.05) is 6.54 Å². The van der Waals surface area contributed by atoms with E-state index in [9.17, 15) is 0 Å². The van der Waals surface area contributed by atoms with Gasteiger partial charge in [0.2, 0.25) is 0 Å². The third kappa shape index (κ3) is 2.96. The molecule has 0 atom stereocenters. The van der Waals surface area contributed by atoms with Gasteiger partial charge in [0.25, 0.3) is 0 Å². The number of aryl methyl sites for hydroxylation is 1. The minimum absolute atomic E-state index is 0.106. The Morgan fingerprint density at radius 1 is 1.50 bits per heavy atom. The van der Waals surface area contributed by atoms with Gasteiger partial charge in [0.05, 0.1) is 6.10 Å². The molecule has 4 heteroatoms. The zero-order valence-electron chi connectivity index (χ0n) is 8.95. The zero-order chi connectivity index (χ0) is 10.6. The van der Waals surface area contributed by atoms with Gasteiger partial charge in [-0.15, -0.1) is 0 Å². The number of aromatic nitrogens is 2. The minimum Gasteiger partial charge on any atom is -0.461 e. The molecule has 1 aromatic rings. The summed E-state index contributed by atoms with van der Waals surface area (Å²) in [7, 11) is 0. The van der Waals surface area contributed by atoms with E-state index < -0.39 is 0 Å². The SMILES string of the molecule is Cc1nc(OC(C)C)ncc1CCN. The van der Waals surface area contributed by atoms with E-state index in [1.165, 1.54) is 0 Å². The molecular formula is C10H17N3O. The second-order valence-corrected chi connectivity index (χ2v) is 3.47. The molecule has 0 saturated carbocycles. The third-order valence-electron chi connectivity index (χ3n) is 1.81. The molecule has 0 aliphatic carbocycles. The van der Waals surface area contributed by atoms with Crippen molar-refractivity contribution in [2.24, 2.45) is 5.73 Å². The molecule has 0 unspecified atom stereocenters. The molecule has 4 nitrogen and oxygen atoms in total. The van der Waals surface area contributed by atoms with E-state index >= 15 is 0 Å². The van der Waals surface area contributed by atoms with Gasteiger partial charge in [0.1, 0.15) is 0 Å². The molecule has 0 aromatic carbocycles. The fourth-order valence-corrected chi connectivity index (χ4v) is 1.14. The number of nitrogens with two attached hydrogens (primary N) is 1. The first-order valence-electron chi connectivity index (χ1n) is 4.82. The van der Waals surface area contributed by atoms with Gasteiger partial charge < -0.3 is 10.5 Å². The molecule has 0 aliphatic rings. The van der Waals surface area contributed by atoms with Crippen LogP contribution in [-0.4, -0.2) is 22.6 Å². The Kier molecular flexibility index (Phi) is 3.83. The van der Waals surface area contributed by atoms with E-state index in [1.807, 2.05) is 20.8 Å². The molecule has 0 amide bonds. The van der Waals surface area contributed by atoms with Crippen molar-refractivity contribution in [1.29, 1.82) is 0 Å². The number of rotatable bonds is 4. The Bertz CT molecular complexity index is 299. The van der Waals surface area contributed by atoms with Crippen molar-refractivity contribution in [3.8, 4) is 6.01 Å². The van der Waals surface area contributed by atoms with Crippen LogP contribution >= 0.6 is 0 Å². The molecule has 1 rings (SSSR count). The van der Waals surface area contributed by atoms with Gasteiger partial charge in [-0.3, -0.25) is 0 Å². The number of hydrogen-bond donors (Lipinski definition) is 1. The molecule has 0 saturated heterocycles. The monoisotopic (exact) mass is 195 g/mol. The van der Waals surface area contributed by atoms with Crippen LogP contribution in [0.3, 0.4) is 0 Å². The minimum atomic E-state index is 0.106. The Balaban J connectivity index is 2.78. The molecule has 0 aliphatic heterocycles. The third-order valence-corrected chi connectivity index (χ3v) is 1.81. The summed E-state index contributed by atoms with van der Waals surface area (Å²) in [5, 5.41) is 0. The van der Waals surface area contributed by atoms with E-state index in [2.05, 4.69) is 9.97 Å². The average Bonchev–Trinajstić information content (AvgIpc) is 2.09. The topological polar surface area (TPSA) is 61.0 Å². The first kappa shape index (κ1) is 10.9. The van der Waals surface area contributed by atoms with E-state index in [-0.39, 0.29) is 6.10 Å². The predicted octanol–water partition coefficient (Wildman–Crippen LogP) is 1.07. The van der Waals surface area contributed by atoms with Crippen LogP contribution in [0.25, 0.3) is 0 Å². The normalized spacial score (nSPS) is 10.6. The Morgan fingerprint density at radius 3 is 2.71 bits per heavy atom. The lowest BCUT2D eigenvalue weighted by atomic mass is 10.2. The van der Waals surface area contributed by atoms with Crippen LogP contribution in [0.15, 0.2) is 6.20 Å². The highest BCUT2D eigenvalue weighted by atomic mass is 16.5. The van der Waals surface area contributed by atoms with Crippen molar-refractivity contribution in [3.05, 3.63) is 17.5 Å². The second kappa shape index (κ2) is 4.91. The van der Waals surface area contributed by atoms with Crippen LogP contribution < -0.4 is 10.5 Å². The molecule has 14 heavy (non-hydrogen) atoms. The van der Waals surface area contributed by atoms with Crippen molar-refractivity contribution in [2.45, 2.75) is 33.3 Å². The summed E-state index contributed by atoms with van der Waals surface area (Å²) in [5.41, 5.74) is 7.49. The summed E-state index contributed by atoms with van der Waals surface area (Å²) in [6.07, 6.45) is 2.70. The summed E-state index contributed by atoms with van der Waals surface area (Å²) in [6, 6.07) is 0.443. The van der Waals surface area contributed by atoms with Gasteiger partial charge in [0, 0.05) is 11.9 Å². The molecular weight excluding hydrogens is 178 g/mol. The van der Waals surface area contributed by atoms with Crippen LogP contribution in [0.1, 0.15) is 25.1 Å². The molecule has 0 radical (unpaired) electrons. The van der Waals surface area contributed by atoms with E-state index in [4.69, 9.17) is 10.5 Å². The van der Waals surface area contributed by atoms with Crippen LogP contribution in [0, 0.1) is 6.92 Å². The fraction of sp³-hybridized carbons (Fsp3) is 0.600. The highest BCUT2D eigenvalue weighted by Gasteiger charge is 2.04. The number of hydrogen-bond acceptors (Lipinski definition) is 4. The van der Waals surface area contributed by atoms with Crippen molar-refractivity contribution >= 4 is 0 Å². The largest absolute Gasteiger partial charge is 0.461 e. The van der Waals surface area contributed by atoms with Gasteiger partial charge in [0.15, 0.2) is 0 Å². The Hall–Kier alpha value is -1.16. The van der Waals surface area contributed by atoms with Gasteiger partial charge >= 0.3 is 6.01 Å². The highest BCUT2D eigenvalue weighted by molar-refractivity contribution is 5.18. The average molecular weight is 195 g/mol. The summed E-state index contributed by atoms with van der Waals surface area (Å²) < 4.78 is 5.37. The van der Waals surface area contributed by atoms with Gasteiger partial charge in [-0.2, -0.15) is 0 Å². The van der Waals surface area contributed by atoms with Crippen LogP contribution in [0.2, 0.25) is 0 Å². The highest BCUT2D eigenvalue weighted by Crippen LogP contribution is 2.09. The molecule has 2 N–H and O–H groups in total. The van der Waals surface area contributed by atoms with Crippen LogP contribution in [0.5, 0.6) is 6.01 Å². The van der Waals surface area contributed by atoms with Crippen LogP contribution in [0.4, 0.5) is 0 Å². The zero-order valence-corrected chi connectivity index (χ0v) is 8.95. The molecule has 0 spiro atoms. The number of nitrogens with zero attached hydrogens (tertiary/aromatic N) is 2. The molecule has 1 aromatic heterocycles.